The fourth-order valence-electron chi connectivity index (χ4n) is 7.47. The van der Waals surface area contributed by atoms with Crippen LogP contribution in [0, 0.1) is 0 Å². The maximum absolute atomic E-state index is 4.99. The van der Waals surface area contributed by atoms with Gasteiger partial charge in [0.2, 0.25) is 0 Å². The van der Waals surface area contributed by atoms with Crippen molar-refractivity contribution < 1.29 is 0 Å². The molecule has 0 atom stereocenters. The highest BCUT2D eigenvalue weighted by molar-refractivity contribution is 7.33. The summed E-state index contributed by atoms with van der Waals surface area (Å²) in [5.74, 6) is 2.01. The molecular formula is C45H26N4S2. The Balaban J connectivity index is 1.07. The quantitative estimate of drug-likeness (QED) is 0.185. The second-order valence-electron chi connectivity index (χ2n) is 12.8. The number of nitrogens with zero attached hydrogens (tertiary/aromatic N) is 4. The van der Waals surface area contributed by atoms with Crippen molar-refractivity contribution in [2.75, 3.05) is 0 Å². The number of thiophene rings is 2. The van der Waals surface area contributed by atoms with E-state index in [0.717, 1.165) is 16.7 Å². The van der Waals surface area contributed by atoms with Crippen molar-refractivity contribution in [2.24, 2.45) is 0 Å². The third-order valence-corrected chi connectivity index (χ3v) is 12.4. The summed E-state index contributed by atoms with van der Waals surface area (Å²) in [5, 5.41) is 7.70. The van der Waals surface area contributed by atoms with Gasteiger partial charge in [-0.3, -0.25) is 0 Å². The lowest BCUT2D eigenvalue weighted by atomic mass is 10.1. The zero-order valence-corrected chi connectivity index (χ0v) is 28.7. The van der Waals surface area contributed by atoms with Crippen LogP contribution in [0.1, 0.15) is 0 Å². The molecule has 0 saturated heterocycles. The van der Waals surface area contributed by atoms with Gasteiger partial charge in [0, 0.05) is 64.1 Å². The molecule has 0 aliphatic rings. The van der Waals surface area contributed by atoms with E-state index in [0.29, 0.717) is 17.5 Å². The molecule has 0 spiro atoms. The number of para-hydroxylation sites is 2. The Morgan fingerprint density at radius 2 is 0.804 bits per heavy atom. The third kappa shape index (κ3) is 4.47. The first-order chi connectivity index (χ1) is 25.3. The normalized spacial score (nSPS) is 11.9. The van der Waals surface area contributed by atoms with E-state index in [9.17, 15) is 0 Å². The molecule has 0 saturated carbocycles. The summed E-state index contributed by atoms with van der Waals surface area (Å²) in [4.78, 5) is 14.9. The number of fused-ring (bicyclic) bond motifs is 10. The summed E-state index contributed by atoms with van der Waals surface area (Å²) in [7, 11) is 0. The topological polar surface area (TPSA) is 43.6 Å². The highest BCUT2D eigenvalue weighted by atomic mass is 32.1. The first kappa shape index (κ1) is 28.6. The zero-order chi connectivity index (χ0) is 33.5. The molecule has 51 heavy (non-hydrogen) atoms. The monoisotopic (exact) mass is 686 g/mol. The van der Waals surface area contributed by atoms with Gasteiger partial charge in [-0.05, 0) is 30.3 Å². The van der Waals surface area contributed by atoms with Gasteiger partial charge in [0.05, 0.1) is 20.4 Å². The summed E-state index contributed by atoms with van der Waals surface area (Å²) >= 11 is 3.75. The highest BCUT2D eigenvalue weighted by Crippen LogP contribution is 2.46. The van der Waals surface area contributed by atoms with Gasteiger partial charge in [-0.2, -0.15) is 0 Å². The predicted octanol–water partition coefficient (Wildman–Crippen LogP) is 12.7. The van der Waals surface area contributed by atoms with Gasteiger partial charge in [-0.1, -0.05) is 127 Å². The van der Waals surface area contributed by atoms with Crippen LogP contribution in [0.4, 0.5) is 0 Å². The lowest BCUT2D eigenvalue weighted by Gasteiger charge is -2.08. The Morgan fingerprint density at radius 3 is 1.37 bits per heavy atom. The minimum atomic E-state index is 0.670. The molecule has 0 bridgehead atoms. The molecule has 11 aromatic rings. The number of hydrogen-bond acceptors (Lipinski definition) is 5. The lowest BCUT2D eigenvalue weighted by molar-refractivity contribution is 1.07. The smallest absolute Gasteiger partial charge is 0.164 e. The molecule has 0 unspecified atom stereocenters. The Hall–Kier alpha value is -6.21. The van der Waals surface area contributed by atoms with E-state index in [4.69, 9.17) is 15.0 Å². The molecule has 0 radical (unpaired) electrons. The Bertz CT molecular complexity index is 3030. The summed E-state index contributed by atoms with van der Waals surface area (Å²) in [6.45, 7) is 0. The summed E-state index contributed by atoms with van der Waals surface area (Å²) in [6, 6.07) is 55.9. The first-order valence-corrected chi connectivity index (χ1v) is 18.6. The fraction of sp³-hybridized carbons (Fsp3) is 0. The number of rotatable bonds is 4. The van der Waals surface area contributed by atoms with E-state index in [1.165, 1.54) is 67.8 Å². The van der Waals surface area contributed by atoms with Crippen molar-refractivity contribution in [3.8, 4) is 39.9 Å². The van der Waals surface area contributed by atoms with E-state index in [1.807, 2.05) is 83.3 Å². The standard InChI is InChI=1S/C45H26N4S2/c1-3-11-27(12-4-1)43-46-44(28-13-5-2-6-14-28)48-45(47-43)29-19-21-33-35-23-24-36-34-22-20-30(26-40(34)51-42(36)41(35)50-39(33)25-29)49-37-17-9-7-15-31(37)32-16-8-10-18-38(32)49/h1-26H. The second-order valence-corrected chi connectivity index (χ2v) is 14.9. The van der Waals surface area contributed by atoms with Crippen LogP contribution in [0.25, 0.3) is 102 Å². The predicted molar refractivity (Wildman–Crippen MR) is 216 cm³/mol. The van der Waals surface area contributed by atoms with Gasteiger partial charge in [0.25, 0.3) is 0 Å². The summed E-state index contributed by atoms with van der Waals surface area (Å²) in [5.41, 5.74) is 6.56. The van der Waals surface area contributed by atoms with E-state index in [1.54, 1.807) is 0 Å². The number of aromatic nitrogens is 4. The van der Waals surface area contributed by atoms with Crippen LogP contribution in [0.15, 0.2) is 158 Å². The highest BCUT2D eigenvalue weighted by Gasteiger charge is 2.18. The maximum atomic E-state index is 4.99. The van der Waals surface area contributed by atoms with Crippen molar-refractivity contribution in [2.45, 2.75) is 0 Å². The minimum absolute atomic E-state index is 0.670. The van der Waals surface area contributed by atoms with Crippen molar-refractivity contribution in [1.29, 1.82) is 0 Å². The summed E-state index contributed by atoms with van der Waals surface area (Å²) < 4.78 is 7.58. The average molecular weight is 687 g/mol. The molecule has 6 heteroatoms. The molecule has 0 aliphatic carbocycles. The largest absolute Gasteiger partial charge is 0.309 e. The van der Waals surface area contributed by atoms with Gasteiger partial charge in [-0.15, -0.1) is 22.7 Å². The van der Waals surface area contributed by atoms with Gasteiger partial charge in [0.1, 0.15) is 0 Å². The van der Waals surface area contributed by atoms with Crippen LogP contribution in [0.3, 0.4) is 0 Å². The molecule has 7 aromatic carbocycles. The van der Waals surface area contributed by atoms with Crippen molar-refractivity contribution in [3.05, 3.63) is 158 Å². The molecule has 0 N–H and O–H groups in total. The van der Waals surface area contributed by atoms with Crippen LogP contribution >= 0.6 is 22.7 Å². The molecular weight excluding hydrogens is 661 g/mol. The van der Waals surface area contributed by atoms with Gasteiger partial charge < -0.3 is 4.57 Å². The molecule has 0 aliphatic heterocycles. The van der Waals surface area contributed by atoms with Crippen LogP contribution < -0.4 is 0 Å². The molecule has 238 valence electrons. The van der Waals surface area contributed by atoms with Crippen molar-refractivity contribution in [3.63, 3.8) is 0 Å². The van der Waals surface area contributed by atoms with Crippen LogP contribution in [-0.4, -0.2) is 19.5 Å². The lowest BCUT2D eigenvalue weighted by Crippen LogP contribution is -1.99. The average Bonchev–Trinajstić information content (AvgIpc) is 3.87. The Kier molecular flexibility index (Phi) is 6.26. The molecule has 11 rings (SSSR count). The van der Waals surface area contributed by atoms with Gasteiger partial charge in [0.15, 0.2) is 17.5 Å². The zero-order valence-electron chi connectivity index (χ0n) is 27.1. The van der Waals surface area contributed by atoms with Crippen LogP contribution in [-0.2, 0) is 0 Å². The van der Waals surface area contributed by atoms with Gasteiger partial charge >= 0.3 is 0 Å². The van der Waals surface area contributed by atoms with E-state index >= 15 is 0 Å². The Labute approximate surface area is 300 Å². The van der Waals surface area contributed by atoms with Crippen molar-refractivity contribution >= 4 is 84.8 Å². The molecule has 0 fully saturated rings. The van der Waals surface area contributed by atoms with E-state index < -0.39 is 0 Å². The Morgan fingerprint density at radius 1 is 0.353 bits per heavy atom. The van der Waals surface area contributed by atoms with Crippen LogP contribution in [0.5, 0.6) is 0 Å². The molecule has 4 aromatic heterocycles. The minimum Gasteiger partial charge on any atom is -0.309 e. The second kappa shape index (κ2) is 11.2. The number of benzene rings is 7. The third-order valence-electron chi connectivity index (χ3n) is 9.86. The number of hydrogen-bond donors (Lipinski definition) is 0. The fourth-order valence-corrected chi connectivity index (χ4v) is 10.1. The first-order valence-electron chi connectivity index (χ1n) is 16.9. The van der Waals surface area contributed by atoms with E-state index in [-0.39, 0.29) is 0 Å². The van der Waals surface area contributed by atoms with Gasteiger partial charge in [-0.25, -0.2) is 15.0 Å². The molecule has 4 heterocycles. The maximum Gasteiger partial charge on any atom is 0.164 e. The molecule has 4 nitrogen and oxygen atoms in total. The van der Waals surface area contributed by atoms with Crippen molar-refractivity contribution in [1.82, 2.24) is 19.5 Å². The SMILES string of the molecule is c1ccc(-c2nc(-c3ccccc3)nc(-c3ccc4c(c3)sc3c4ccc4c5ccc(-n6c7ccccc7c7ccccc76)cc5sc43)n2)cc1. The molecule has 0 amide bonds. The van der Waals surface area contributed by atoms with E-state index in [2.05, 4.69) is 102 Å². The van der Waals surface area contributed by atoms with Crippen LogP contribution in [0.2, 0.25) is 0 Å². The summed E-state index contributed by atoms with van der Waals surface area (Å²) in [6.07, 6.45) is 0.